The Morgan fingerprint density at radius 1 is 1.11 bits per heavy atom. The first-order valence-corrected chi connectivity index (χ1v) is 5.77. The van der Waals surface area contributed by atoms with Crippen LogP contribution in [0, 0.1) is 0 Å². The largest absolute Gasteiger partial charge is 0.493 e. The molecule has 0 atom stereocenters. The van der Waals surface area contributed by atoms with Gasteiger partial charge in [-0.15, -0.1) is 0 Å². The molecule has 0 saturated heterocycles. The van der Waals surface area contributed by atoms with Crippen LogP contribution in [0.25, 0.3) is 0 Å². The third kappa shape index (κ3) is 3.40. The Bertz CT molecular complexity index is 416. The first kappa shape index (κ1) is 14.4. The molecular formula is C14H21NO3. The van der Waals surface area contributed by atoms with Gasteiger partial charge in [0.1, 0.15) is 0 Å². The van der Waals surface area contributed by atoms with Gasteiger partial charge in [-0.2, -0.15) is 0 Å². The van der Waals surface area contributed by atoms with Crippen LogP contribution in [0.5, 0.6) is 17.2 Å². The standard InChI is InChI=1S/C14H21NO3/c1-10(2)8-15-9-11-6-7-12(16-3)14(18-5)13(11)17-4/h6-7,15H,1,8-9H2,2-5H3. The Hall–Kier alpha value is -1.68. The van der Waals surface area contributed by atoms with Crippen molar-refractivity contribution in [3.63, 3.8) is 0 Å². The summed E-state index contributed by atoms with van der Waals surface area (Å²) < 4.78 is 16.0. The molecule has 1 rings (SSSR count). The zero-order chi connectivity index (χ0) is 13.5. The molecular weight excluding hydrogens is 230 g/mol. The highest BCUT2D eigenvalue weighted by molar-refractivity contribution is 5.55. The van der Waals surface area contributed by atoms with Gasteiger partial charge in [0.05, 0.1) is 21.3 Å². The highest BCUT2D eigenvalue weighted by Gasteiger charge is 2.15. The molecule has 0 amide bonds. The lowest BCUT2D eigenvalue weighted by Gasteiger charge is -2.16. The maximum absolute atomic E-state index is 5.40. The number of ether oxygens (including phenoxy) is 3. The topological polar surface area (TPSA) is 39.7 Å². The molecule has 1 aromatic rings. The average Bonchev–Trinajstić information content (AvgIpc) is 2.37. The van der Waals surface area contributed by atoms with Gasteiger partial charge in [0.15, 0.2) is 11.5 Å². The van der Waals surface area contributed by atoms with Gasteiger partial charge in [0, 0.05) is 18.7 Å². The van der Waals surface area contributed by atoms with Crippen LogP contribution < -0.4 is 19.5 Å². The van der Waals surface area contributed by atoms with E-state index < -0.39 is 0 Å². The van der Waals surface area contributed by atoms with E-state index in [4.69, 9.17) is 14.2 Å². The number of hydrogen-bond acceptors (Lipinski definition) is 4. The number of rotatable bonds is 7. The van der Waals surface area contributed by atoms with Crippen molar-refractivity contribution in [2.75, 3.05) is 27.9 Å². The van der Waals surface area contributed by atoms with Crippen molar-refractivity contribution in [1.29, 1.82) is 0 Å². The van der Waals surface area contributed by atoms with E-state index in [1.807, 2.05) is 19.1 Å². The predicted molar refractivity (Wildman–Crippen MR) is 72.6 cm³/mol. The van der Waals surface area contributed by atoms with E-state index in [0.29, 0.717) is 23.8 Å². The smallest absolute Gasteiger partial charge is 0.203 e. The molecule has 0 bridgehead atoms. The fourth-order valence-electron chi connectivity index (χ4n) is 1.71. The van der Waals surface area contributed by atoms with E-state index in [0.717, 1.165) is 17.7 Å². The number of hydrogen-bond donors (Lipinski definition) is 1. The normalized spacial score (nSPS) is 10.0. The van der Waals surface area contributed by atoms with Crippen LogP contribution in [-0.4, -0.2) is 27.9 Å². The quantitative estimate of drug-likeness (QED) is 0.755. The molecule has 1 N–H and O–H groups in total. The molecule has 0 saturated carbocycles. The van der Waals surface area contributed by atoms with Gasteiger partial charge in [-0.1, -0.05) is 18.2 Å². The molecule has 1 aromatic carbocycles. The van der Waals surface area contributed by atoms with Gasteiger partial charge in [0.25, 0.3) is 0 Å². The molecule has 18 heavy (non-hydrogen) atoms. The Morgan fingerprint density at radius 3 is 2.28 bits per heavy atom. The van der Waals surface area contributed by atoms with E-state index in [2.05, 4.69) is 11.9 Å². The first-order valence-electron chi connectivity index (χ1n) is 5.77. The second-order valence-corrected chi connectivity index (χ2v) is 4.05. The Balaban J connectivity index is 2.94. The van der Waals surface area contributed by atoms with Crippen LogP contribution in [-0.2, 0) is 6.54 Å². The zero-order valence-electron chi connectivity index (χ0n) is 11.5. The summed E-state index contributed by atoms with van der Waals surface area (Å²) in [6.07, 6.45) is 0. The van der Waals surface area contributed by atoms with Crippen LogP contribution in [0.3, 0.4) is 0 Å². The summed E-state index contributed by atoms with van der Waals surface area (Å²) in [7, 11) is 4.83. The van der Waals surface area contributed by atoms with Crippen molar-refractivity contribution < 1.29 is 14.2 Å². The third-order valence-corrected chi connectivity index (χ3v) is 2.53. The van der Waals surface area contributed by atoms with E-state index in [1.165, 1.54) is 0 Å². The summed E-state index contributed by atoms with van der Waals surface area (Å²) in [5.41, 5.74) is 2.12. The lowest BCUT2D eigenvalue weighted by Crippen LogP contribution is -2.16. The van der Waals surface area contributed by atoms with Crippen molar-refractivity contribution in [1.82, 2.24) is 5.32 Å². The van der Waals surface area contributed by atoms with Crippen LogP contribution in [0.15, 0.2) is 24.3 Å². The van der Waals surface area contributed by atoms with Gasteiger partial charge < -0.3 is 19.5 Å². The summed E-state index contributed by atoms with van der Waals surface area (Å²) in [4.78, 5) is 0. The lowest BCUT2D eigenvalue weighted by atomic mass is 10.1. The second-order valence-electron chi connectivity index (χ2n) is 4.05. The molecule has 4 nitrogen and oxygen atoms in total. The maximum atomic E-state index is 5.40. The highest BCUT2D eigenvalue weighted by Crippen LogP contribution is 2.39. The Morgan fingerprint density at radius 2 is 1.78 bits per heavy atom. The van der Waals surface area contributed by atoms with E-state index in [-0.39, 0.29) is 0 Å². The van der Waals surface area contributed by atoms with Crippen LogP contribution in [0.2, 0.25) is 0 Å². The minimum absolute atomic E-state index is 0.620. The molecule has 0 aliphatic rings. The fraction of sp³-hybridized carbons (Fsp3) is 0.429. The summed E-state index contributed by atoms with van der Waals surface area (Å²) in [6.45, 7) is 7.30. The monoisotopic (exact) mass is 251 g/mol. The van der Waals surface area contributed by atoms with Crippen LogP contribution >= 0.6 is 0 Å². The van der Waals surface area contributed by atoms with Gasteiger partial charge in [-0.3, -0.25) is 0 Å². The van der Waals surface area contributed by atoms with Gasteiger partial charge in [0.2, 0.25) is 5.75 Å². The first-order chi connectivity index (χ1) is 8.63. The third-order valence-electron chi connectivity index (χ3n) is 2.53. The summed E-state index contributed by atoms with van der Waals surface area (Å²) >= 11 is 0. The Labute approximate surface area is 109 Å². The van der Waals surface area contributed by atoms with Crippen LogP contribution in [0.1, 0.15) is 12.5 Å². The molecule has 0 aromatic heterocycles. The van der Waals surface area contributed by atoms with Crippen molar-refractivity contribution >= 4 is 0 Å². The number of benzene rings is 1. The van der Waals surface area contributed by atoms with Gasteiger partial charge >= 0.3 is 0 Å². The molecule has 100 valence electrons. The summed E-state index contributed by atoms with van der Waals surface area (Å²) in [5, 5.41) is 3.29. The number of nitrogens with one attached hydrogen (secondary N) is 1. The second kappa shape index (κ2) is 6.91. The predicted octanol–water partition coefficient (Wildman–Crippen LogP) is 2.38. The lowest BCUT2D eigenvalue weighted by molar-refractivity contribution is 0.321. The molecule has 0 radical (unpaired) electrons. The van der Waals surface area contributed by atoms with E-state index in [1.54, 1.807) is 21.3 Å². The van der Waals surface area contributed by atoms with Gasteiger partial charge in [-0.25, -0.2) is 0 Å². The molecule has 0 fully saturated rings. The molecule has 0 aliphatic heterocycles. The van der Waals surface area contributed by atoms with Crippen molar-refractivity contribution in [2.45, 2.75) is 13.5 Å². The molecule has 0 heterocycles. The van der Waals surface area contributed by atoms with E-state index >= 15 is 0 Å². The highest BCUT2D eigenvalue weighted by atomic mass is 16.5. The fourth-order valence-corrected chi connectivity index (χ4v) is 1.71. The SMILES string of the molecule is C=C(C)CNCc1ccc(OC)c(OC)c1OC. The number of methoxy groups -OCH3 is 3. The molecule has 0 unspecified atom stereocenters. The summed E-state index contributed by atoms with van der Waals surface area (Å²) in [5.74, 6) is 1.98. The molecule has 4 heteroatoms. The van der Waals surface area contributed by atoms with Crippen molar-refractivity contribution in [2.24, 2.45) is 0 Å². The average molecular weight is 251 g/mol. The zero-order valence-corrected chi connectivity index (χ0v) is 11.5. The van der Waals surface area contributed by atoms with Crippen LogP contribution in [0.4, 0.5) is 0 Å². The van der Waals surface area contributed by atoms with Gasteiger partial charge in [-0.05, 0) is 13.0 Å². The summed E-state index contributed by atoms with van der Waals surface area (Å²) in [6, 6.07) is 3.84. The molecule has 0 spiro atoms. The maximum Gasteiger partial charge on any atom is 0.203 e. The molecule has 0 aliphatic carbocycles. The van der Waals surface area contributed by atoms with E-state index in [9.17, 15) is 0 Å². The minimum atomic E-state index is 0.620. The Kier molecular flexibility index (Phi) is 5.52. The van der Waals surface area contributed by atoms with Crippen molar-refractivity contribution in [3.8, 4) is 17.2 Å². The van der Waals surface area contributed by atoms with Crippen molar-refractivity contribution in [3.05, 3.63) is 29.8 Å². The minimum Gasteiger partial charge on any atom is -0.493 e.